The van der Waals surface area contributed by atoms with E-state index in [4.69, 9.17) is 4.74 Å². The molecular weight excluding hydrogens is 525 g/mol. The summed E-state index contributed by atoms with van der Waals surface area (Å²) in [4.78, 5) is 22.1. The van der Waals surface area contributed by atoms with E-state index >= 15 is 0 Å². The number of guanidine groups is 1. The zero-order valence-corrected chi connectivity index (χ0v) is 22.1. The molecule has 0 saturated carbocycles. The van der Waals surface area contributed by atoms with Gasteiger partial charge in [0.15, 0.2) is 5.96 Å². The maximum Gasteiger partial charge on any atom is 0.412 e. The molecule has 0 aliphatic rings. The van der Waals surface area contributed by atoms with Crippen molar-refractivity contribution >= 4 is 53.1 Å². The number of nitrogens with one attached hydrogen (secondary N) is 3. The number of carbonyl (C=O) groups excluding carboxylic acids is 1. The second-order valence-corrected chi connectivity index (χ2v) is 9.20. The highest BCUT2D eigenvalue weighted by molar-refractivity contribution is 14.0. The van der Waals surface area contributed by atoms with Gasteiger partial charge in [-0.05, 0) is 58.7 Å². The monoisotopic (exact) mass is 559 g/mol. The largest absolute Gasteiger partial charge is 0.444 e. The van der Waals surface area contributed by atoms with Crippen molar-refractivity contribution in [3.05, 3.63) is 45.9 Å². The Labute approximate surface area is 206 Å². The topological polar surface area (TPSA) is 87.6 Å². The minimum atomic E-state index is -0.513. The third-order valence-electron chi connectivity index (χ3n) is 3.91. The van der Waals surface area contributed by atoms with Crippen molar-refractivity contribution in [2.24, 2.45) is 4.99 Å². The number of nitrogens with zero attached hydrogens (tertiary/aromatic N) is 2. The Kier molecular flexibility index (Phi) is 11.8. The molecule has 31 heavy (non-hydrogen) atoms. The molecule has 172 valence electrons. The lowest BCUT2D eigenvalue weighted by atomic mass is 10.1. The molecule has 9 heteroatoms. The highest BCUT2D eigenvalue weighted by Gasteiger charge is 2.16. The smallest absolute Gasteiger partial charge is 0.412 e. The van der Waals surface area contributed by atoms with Crippen molar-refractivity contribution in [1.29, 1.82) is 0 Å². The first-order valence-corrected chi connectivity index (χ1v) is 11.1. The molecule has 1 aromatic heterocycles. The summed E-state index contributed by atoms with van der Waals surface area (Å²) in [6.45, 7) is 11.9. The van der Waals surface area contributed by atoms with Gasteiger partial charge in [0.1, 0.15) is 5.60 Å². The first kappa shape index (κ1) is 27.2. The molecule has 2 rings (SSSR count). The Balaban J connectivity index is 0.00000480. The van der Waals surface area contributed by atoms with Gasteiger partial charge in [-0.1, -0.05) is 12.1 Å². The van der Waals surface area contributed by atoms with Crippen LogP contribution in [0.3, 0.4) is 0 Å². The number of amides is 1. The summed E-state index contributed by atoms with van der Waals surface area (Å²) in [7, 11) is 0. The number of ether oxygens (including phenoxy) is 1. The summed E-state index contributed by atoms with van der Waals surface area (Å²) in [6, 6.07) is 7.77. The number of aliphatic imine (C=N–C) groups is 1. The molecule has 0 aliphatic heterocycles. The molecule has 0 atom stereocenters. The van der Waals surface area contributed by atoms with Crippen LogP contribution in [0.15, 0.2) is 35.5 Å². The standard InChI is InChI=1S/C22H33N5O2S.HI/c1-6-23-20(25-14-12-19-26-15-16(2)30-19)24-13-11-17-7-9-18(10-8-17)27-21(28)29-22(3,4)5;/h7-10,15H,6,11-14H2,1-5H3,(H,27,28)(H2,23,24,25);1H. The number of anilines is 1. The minimum absolute atomic E-state index is 0. The first-order chi connectivity index (χ1) is 14.2. The Morgan fingerprint density at radius 1 is 1.16 bits per heavy atom. The SMILES string of the molecule is CCNC(=NCCc1ncc(C)s1)NCCc1ccc(NC(=O)OC(C)(C)C)cc1.I. The molecule has 0 bridgehead atoms. The Morgan fingerprint density at radius 3 is 2.45 bits per heavy atom. The lowest BCUT2D eigenvalue weighted by molar-refractivity contribution is 0.0636. The molecular formula is C22H34IN5O2S. The Bertz CT molecular complexity index is 831. The van der Waals surface area contributed by atoms with Gasteiger partial charge in [0.05, 0.1) is 5.01 Å². The van der Waals surface area contributed by atoms with Crippen LogP contribution in [0.4, 0.5) is 10.5 Å². The molecule has 0 spiro atoms. The summed E-state index contributed by atoms with van der Waals surface area (Å²) >= 11 is 1.72. The number of hydrogen-bond donors (Lipinski definition) is 3. The number of aryl methyl sites for hydroxylation is 1. The highest BCUT2D eigenvalue weighted by Crippen LogP contribution is 2.13. The fourth-order valence-electron chi connectivity index (χ4n) is 2.62. The molecule has 0 saturated heterocycles. The molecule has 2 aromatic rings. The number of rotatable bonds is 8. The molecule has 1 amide bonds. The van der Waals surface area contributed by atoms with E-state index in [9.17, 15) is 4.79 Å². The van der Waals surface area contributed by atoms with E-state index in [0.717, 1.165) is 36.9 Å². The van der Waals surface area contributed by atoms with Crippen LogP contribution in [0.1, 0.15) is 43.1 Å². The second kappa shape index (κ2) is 13.5. The average molecular weight is 560 g/mol. The summed E-state index contributed by atoms with van der Waals surface area (Å²) in [5.41, 5.74) is 1.38. The van der Waals surface area contributed by atoms with Gasteiger partial charge < -0.3 is 15.4 Å². The summed E-state index contributed by atoms with van der Waals surface area (Å²) in [6.07, 6.45) is 3.15. The van der Waals surface area contributed by atoms with Gasteiger partial charge in [0, 0.05) is 42.8 Å². The lowest BCUT2D eigenvalue weighted by Crippen LogP contribution is -2.38. The number of benzene rings is 1. The number of hydrogen-bond acceptors (Lipinski definition) is 5. The van der Waals surface area contributed by atoms with E-state index in [0.29, 0.717) is 12.2 Å². The molecule has 1 heterocycles. The van der Waals surface area contributed by atoms with Crippen molar-refractivity contribution < 1.29 is 9.53 Å². The van der Waals surface area contributed by atoms with Gasteiger partial charge in [-0.15, -0.1) is 35.3 Å². The van der Waals surface area contributed by atoms with Crippen LogP contribution < -0.4 is 16.0 Å². The van der Waals surface area contributed by atoms with E-state index in [1.165, 1.54) is 10.4 Å². The van der Waals surface area contributed by atoms with Crippen LogP contribution in [0.5, 0.6) is 0 Å². The lowest BCUT2D eigenvalue weighted by Gasteiger charge is -2.19. The van der Waals surface area contributed by atoms with E-state index in [2.05, 4.69) is 39.8 Å². The molecule has 0 radical (unpaired) electrons. The van der Waals surface area contributed by atoms with Gasteiger partial charge in [-0.3, -0.25) is 10.3 Å². The minimum Gasteiger partial charge on any atom is -0.444 e. The summed E-state index contributed by atoms with van der Waals surface area (Å²) in [5.74, 6) is 0.814. The number of thiazole rings is 1. The van der Waals surface area contributed by atoms with Crippen LogP contribution in [0, 0.1) is 6.92 Å². The number of aromatic nitrogens is 1. The van der Waals surface area contributed by atoms with E-state index < -0.39 is 11.7 Å². The summed E-state index contributed by atoms with van der Waals surface area (Å²) < 4.78 is 5.26. The van der Waals surface area contributed by atoms with Gasteiger partial charge in [0.2, 0.25) is 0 Å². The van der Waals surface area contributed by atoms with Crippen molar-refractivity contribution in [2.45, 2.75) is 53.1 Å². The Hall–Kier alpha value is -1.88. The quantitative estimate of drug-likeness (QED) is 0.247. The molecule has 0 unspecified atom stereocenters. The van der Waals surface area contributed by atoms with E-state index in [1.54, 1.807) is 11.3 Å². The van der Waals surface area contributed by atoms with Gasteiger partial charge in [0.25, 0.3) is 0 Å². The highest BCUT2D eigenvalue weighted by atomic mass is 127. The maximum atomic E-state index is 11.8. The molecule has 1 aromatic carbocycles. The van der Waals surface area contributed by atoms with Gasteiger partial charge in [-0.2, -0.15) is 0 Å². The average Bonchev–Trinajstić information content (AvgIpc) is 3.07. The first-order valence-electron chi connectivity index (χ1n) is 10.3. The molecule has 3 N–H and O–H groups in total. The van der Waals surface area contributed by atoms with Crippen LogP contribution in [0.25, 0.3) is 0 Å². The predicted octanol–water partition coefficient (Wildman–Crippen LogP) is 4.76. The van der Waals surface area contributed by atoms with E-state index in [-0.39, 0.29) is 24.0 Å². The third kappa shape index (κ3) is 11.3. The predicted molar refractivity (Wildman–Crippen MR) is 140 cm³/mol. The van der Waals surface area contributed by atoms with E-state index in [1.807, 2.05) is 51.2 Å². The fraction of sp³-hybridized carbons (Fsp3) is 0.500. The summed E-state index contributed by atoms with van der Waals surface area (Å²) in [5, 5.41) is 10.5. The second-order valence-electron chi connectivity index (χ2n) is 7.88. The maximum absolute atomic E-state index is 11.8. The third-order valence-corrected chi connectivity index (χ3v) is 4.89. The van der Waals surface area contributed by atoms with Crippen LogP contribution in [-0.2, 0) is 17.6 Å². The van der Waals surface area contributed by atoms with Gasteiger partial charge >= 0.3 is 6.09 Å². The molecule has 7 nitrogen and oxygen atoms in total. The number of halogens is 1. The van der Waals surface area contributed by atoms with Crippen LogP contribution in [-0.4, -0.2) is 42.3 Å². The molecule has 0 aliphatic carbocycles. The van der Waals surface area contributed by atoms with Crippen molar-refractivity contribution in [2.75, 3.05) is 25.0 Å². The van der Waals surface area contributed by atoms with Crippen LogP contribution in [0.2, 0.25) is 0 Å². The number of carbonyl (C=O) groups is 1. The van der Waals surface area contributed by atoms with Crippen molar-refractivity contribution in [3.8, 4) is 0 Å². The van der Waals surface area contributed by atoms with Gasteiger partial charge in [-0.25, -0.2) is 9.78 Å². The van der Waals surface area contributed by atoms with Crippen LogP contribution >= 0.6 is 35.3 Å². The normalized spacial score (nSPS) is 11.5. The van der Waals surface area contributed by atoms with Crippen molar-refractivity contribution in [3.63, 3.8) is 0 Å². The zero-order valence-electron chi connectivity index (χ0n) is 18.9. The molecule has 0 fully saturated rings. The fourth-order valence-corrected chi connectivity index (χ4v) is 3.40. The zero-order chi connectivity index (χ0) is 22.0. The van der Waals surface area contributed by atoms with Crippen molar-refractivity contribution in [1.82, 2.24) is 15.6 Å². The Morgan fingerprint density at radius 2 is 1.87 bits per heavy atom.